The number of carbonyl (C=O) groups is 1. The highest BCUT2D eigenvalue weighted by atomic mass is 16.5. The number of aryl methyl sites for hydroxylation is 1. The van der Waals surface area contributed by atoms with Gasteiger partial charge in [0.05, 0.1) is 5.60 Å². The minimum absolute atomic E-state index is 0.0852. The number of benzene rings is 1. The maximum absolute atomic E-state index is 12.1. The molecule has 2 amide bonds. The first-order chi connectivity index (χ1) is 11.0. The standard InChI is InChI=1S/C18H28N2O3/c1-3-16(12-15-6-4-14(2)5-7-15)20-17(21)19-13-18(22)8-10-23-11-9-18/h4-7,16,22H,3,8-13H2,1-2H3,(H2,19,20,21). The molecule has 1 heterocycles. The molecule has 0 radical (unpaired) electrons. The van der Waals surface area contributed by atoms with Crippen LogP contribution in [0.1, 0.15) is 37.3 Å². The molecule has 23 heavy (non-hydrogen) atoms. The fourth-order valence-electron chi connectivity index (χ4n) is 2.72. The summed E-state index contributed by atoms with van der Waals surface area (Å²) in [6.45, 7) is 5.48. The van der Waals surface area contributed by atoms with E-state index in [9.17, 15) is 9.90 Å². The van der Waals surface area contributed by atoms with Crippen molar-refractivity contribution in [3.05, 3.63) is 35.4 Å². The molecule has 0 spiro atoms. The minimum Gasteiger partial charge on any atom is -0.388 e. The first-order valence-corrected chi connectivity index (χ1v) is 8.41. The Morgan fingerprint density at radius 1 is 1.30 bits per heavy atom. The van der Waals surface area contributed by atoms with Crippen LogP contribution in [0, 0.1) is 6.92 Å². The van der Waals surface area contributed by atoms with Crippen LogP contribution in [0.25, 0.3) is 0 Å². The second kappa shape index (κ2) is 8.31. The summed E-state index contributed by atoms with van der Waals surface area (Å²) in [6, 6.07) is 8.24. The van der Waals surface area contributed by atoms with Crippen LogP contribution in [0.15, 0.2) is 24.3 Å². The SMILES string of the molecule is CCC(Cc1ccc(C)cc1)NC(=O)NCC1(O)CCOCC1. The van der Waals surface area contributed by atoms with Gasteiger partial charge in [-0.15, -0.1) is 0 Å². The second-order valence-corrected chi connectivity index (χ2v) is 6.46. The van der Waals surface area contributed by atoms with Crippen molar-refractivity contribution in [3.8, 4) is 0 Å². The molecule has 5 heteroatoms. The van der Waals surface area contributed by atoms with Gasteiger partial charge >= 0.3 is 6.03 Å². The van der Waals surface area contributed by atoms with Crippen molar-refractivity contribution >= 4 is 6.03 Å². The van der Waals surface area contributed by atoms with Crippen molar-refractivity contribution in [1.29, 1.82) is 0 Å². The van der Waals surface area contributed by atoms with Gasteiger partial charge in [0.1, 0.15) is 0 Å². The zero-order valence-electron chi connectivity index (χ0n) is 14.1. The van der Waals surface area contributed by atoms with E-state index in [0.29, 0.717) is 26.1 Å². The minimum atomic E-state index is -0.839. The molecule has 1 aromatic rings. The molecule has 1 atom stereocenters. The molecule has 1 aliphatic heterocycles. The number of urea groups is 1. The van der Waals surface area contributed by atoms with E-state index < -0.39 is 5.60 Å². The van der Waals surface area contributed by atoms with Gasteiger partial charge < -0.3 is 20.5 Å². The van der Waals surface area contributed by atoms with E-state index in [2.05, 4.69) is 48.7 Å². The van der Waals surface area contributed by atoms with Crippen molar-refractivity contribution in [3.63, 3.8) is 0 Å². The van der Waals surface area contributed by atoms with E-state index in [1.54, 1.807) is 0 Å². The number of ether oxygens (including phenoxy) is 1. The molecule has 128 valence electrons. The van der Waals surface area contributed by atoms with E-state index in [-0.39, 0.29) is 18.6 Å². The molecule has 5 nitrogen and oxygen atoms in total. The van der Waals surface area contributed by atoms with Gasteiger partial charge in [0.25, 0.3) is 0 Å². The van der Waals surface area contributed by atoms with Gasteiger partial charge in [-0.2, -0.15) is 0 Å². The van der Waals surface area contributed by atoms with Crippen LogP contribution < -0.4 is 10.6 Å². The number of rotatable bonds is 6. The van der Waals surface area contributed by atoms with Gasteiger partial charge in [-0.25, -0.2) is 4.79 Å². The van der Waals surface area contributed by atoms with Crippen LogP contribution in [0.5, 0.6) is 0 Å². The van der Waals surface area contributed by atoms with Crippen molar-refractivity contribution < 1.29 is 14.6 Å². The Balaban J connectivity index is 1.78. The quantitative estimate of drug-likeness (QED) is 0.752. The molecule has 1 fully saturated rings. The van der Waals surface area contributed by atoms with E-state index in [1.807, 2.05) is 0 Å². The molecule has 0 bridgehead atoms. The average molecular weight is 320 g/mol. The molecule has 0 saturated carbocycles. The molecule has 2 rings (SSSR count). The number of amides is 2. The summed E-state index contributed by atoms with van der Waals surface area (Å²) in [5.74, 6) is 0. The Bertz CT molecular complexity index is 495. The zero-order chi connectivity index (χ0) is 16.7. The van der Waals surface area contributed by atoms with Gasteiger partial charge in [0.2, 0.25) is 0 Å². The third-order valence-corrected chi connectivity index (χ3v) is 4.43. The van der Waals surface area contributed by atoms with Crippen molar-refractivity contribution in [2.75, 3.05) is 19.8 Å². The first-order valence-electron chi connectivity index (χ1n) is 8.41. The Morgan fingerprint density at radius 2 is 1.96 bits per heavy atom. The molecule has 3 N–H and O–H groups in total. The maximum atomic E-state index is 12.1. The van der Waals surface area contributed by atoms with Crippen LogP contribution >= 0.6 is 0 Å². The number of carbonyl (C=O) groups excluding carboxylic acids is 1. The smallest absolute Gasteiger partial charge is 0.315 e. The molecular weight excluding hydrogens is 292 g/mol. The van der Waals surface area contributed by atoms with Crippen molar-refractivity contribution in [2.24, 2.45) is 0 Å². The first kappa shape index (κ1) is 17.8. The molecule has 1 unspecified atom stereocenters. The molecule has 1 aromatic carbocycles. The third-order valence-electron chi connectivity index (χ3n) is 4.43. The lowest BCUT2D eigenvalue weighted by atomic mass is 9.94. The highest BCUT2D eigenvalue weighted by Gasteiger charge is 2.30. The van der Waals surface area contributed by atoms with Gasteiger partial charge in [-0.05, 0) is 25.3 Å². The fraction of sp³-hybridized carbons (Fsp3) is 0.611. The van der Waals surface area contributed by atoms with Gasteiger partial charge in [0, 0.05) is 38.6 Å². The summed E-state index contributed by atoms with van der Waals surface area (Å²) in [7, 11) is 0. The lowest BCUT2D eigenvalue weighted by molar-refractivity contribution is -0.0600. The highest BCUT2D eigenvalue weighted by molar-refractivity contribution is 5.74. The van der Waals surface area contributed by atoms with E-state index >= 15 is 0 Å². The normalized spacial score (nSPS) is 18.2. The molecule has 0 aliphatic carbocycles. The van der Waals surface area contributed by atoms with Crippen LogP contribution in [0.4, 0.5) is 4.79 Å². The number of hydrogen-bond donors (Lipinski definition) is 3. The largest absolute Gasteiger partial charge is 0.388 e. The summed E-state index contributed by atoms with van der Waals surface area (Å²) < 4.78 is 5.24. The number of aliphatic hydroxyl groups is 1. The van der Waals surface area contributed by atoms with Crippen molar-refractivity contribution in [2.45, 2.75) is 51.2 Å². The van der Waals surface area contributed by atoms with Gasteiger partial charge in [0.15, 0.2) is 0 Å². The van der Waals surface area contributed by atoms with Crippen LogP contribution in [-0.2, 0) is 11.2 Å². The molecule has 0 aromatic heterocycles. The predicted molar refractivity (Wildman–Crippen MR) is 90.5 cm³/mol. The van der Waals surface area contributed by atoms with Crippen molar-refractivity contribution in [1.82, 2.24) is 10.6 Å². The number of hydrogen-bond acceptors (Lipinski definition) is 3. The Labute approximate surface area is 138 Å². The topological polar surface area (TPSA) is 70.6 Å². The summed E-state index contributed by atoms with van der Waals surface area (Å²) in [6.07, 6.45) is 2.80. The summed E-state index contributed by atoms with van der Waals surface area (Å²) >= 11 is 0. The molecule has 1 saturated heterocycles. The van der Waals surface area contributed by atoms with Crippen LogP contribution in [0.2, 0.25) is 0 Å². The predicted octanol–water partition coefficient (Wildman–Crippen LogP) is 2.16. The second-order valence-electron chi connectivity index (χ2n) is 6.46. The molecular formula is C18H28N2O3. The Kier molecular flexibility index (Phi) is 6.42. The number of nitrogens with one attached hydrogen (secondary N) is 2. The average Bonchev–Trinajstić information content (AvgIpc) is 2.55. The maximum Gasteiger partial charge on any atom is 0.315 e. The lowest BCUT2D eigenvalue weighted by Gasteiger charge is -2.32. The van der Waals surface area contributed by atoms with Crippen LogP contribution in [0.3, 0.4) is 0 Å². The van der Waals surface area contributed by atoms with E-state index in [1.165, 1.54) is 11.1 Å². The third kappa shape index (κ3) is 5.84. The zero-order valence-corrected chi connectivity index (χ0v) is 14.1. The summed E-state index contributed by atoms with van der Waals surface area (Å²) in [5.41, 5.74) is 1.61. The van der Waals surface area contributed by atoms with Gasteiger partial charge in [-0.1, -0.05) is 36.8 Å². The highest BCUT2D eigenvalue weighted by Crippen LogP contribution is 2.19. The molecule has 1 aliphatic rings. The van der Waals surface area contributed by atoms with Crippen LogP contribution in [-0.4, -0.2) is 42.5 Å². The fourth-order valence-corrected chi connectivity index (χ4v) is 2.72. The van der Waals surface area contributed by atoms with Gasteiger partial charge in [-0.3, -0.25) is 0 Å². The summed E-state index contributed by atoms with van der Waals surface area (Å²) in [5, 5.41) is 16.1. The monoisotopic (exact) mass is 320 g/mol. The van der Waals surface area contributed by atoms with E-state index in [4.69, 9.17) is 4.74 Å². The Hall–Kier alpha value is -1.59. The Morgan fingerprint density at radius 3 is 2.57 bits per heavy atom. The van der Waals surface area contributed by atoms with E-state index in [0.717, 1.165) is 12.8 Å². The summed E-state index contributed by atoms with van der Waals surface area (Å²) in [4.78, 5) is 12.1. The lowest BCUT2D eigenvalue weighted by Crippen LogP contribution is -2.51.